The lowest BCUT2D eigenvalue weighted by Gasteiger charge is -2.10. The van der Waals surface area contributed by atoms with Gasteiger partial charge in [0, 0.05) is 30.4 Å². The molecule has 124 valence electrons. The zero-order valence-electron chi connectivity index (χ0n) is 12.5. The summed E-state index contributed by atoms with van der Waals surface area (Å²) >= 11 is 5.92. The van der Waals surface area contributed by atoms with Crippen molar-refractivity contribution in [1.82, 2.24) is 0 Å². The first-order valence-corrected chi connectivity index (χ1v) is 7.12. The van der Waals surface area contributed by atoms with Gasteiger partial charge in [-0.2, -0.15) is 0 Å². The molecule has 0 aromatic heterocycles. The monoisotopic (exact) mass is 348 g/mol. The van der Waals surface area contributed by atoms with Crippen LogP contribution in [0.4, 0.5) is 27.5 Å². The Morgan fingerprint density at radius 2 is 1.71 bits per heavy atom. The minimum absolute atomic E-state index is 0.112. The number of benzene rings is 2. The molecule has 0 heterocycles. The number of amides is 3. The van der Waals surface area contributed by atoms with Crippen molar-refractivity contribution < 1.29 is 14.5 Å². The first kappa shape index (κ1) is 17.2. The third kappa shape index (κ3) is 4.68. The highest BCUT2D eigenvalue weighted by molar-refractivity contribution is 6.33. The van der Waals surface area contributed by atoms with Crippen molar-refractivity contribution in [3.05, 3.63) is 57.6 Å². The number of carbonyl (C=O) groups is 2. The number of hydrogen-bond donors (Lipinski definition) is 3. The second kappa shape index (κ2) is 7.42. The van der Waals surface area contributed by atoms with Crippen LogP contribution in [0.25, 0.3) is 0 Å². The van der Waals surface area contributed by atoms with Crippen LogP contribution in [0.15, 0.2) is 42.5 Å². The summed E-state index contributed by atoms with van der Waals surface area (Å²) in [5, 5.41) is 18.5. The molecule has 0 aliphatic rings. The zero-order chi connectivity index (χ0) is 17.7. The molecule has 2 aromatic rings. The normalized spacial score (nSPS) is 9.92. The van der Waals surface area contributed by atoms with E-state index in [2.05, 4.69) is 16.0 Å². The van der Waals surface area contributed by atoms with E-state index in [-0.39, 0.29) is 22.3 Å². The van der Waals surface area contributed by atoms with Crippen LogP contribution in [-0.2, 0) is 4.79 Å². The van der Waals surface area contributed by atoms with E-state index in [1.807, 2.05) is 0 Å². The molecule has 0 bridgehead atoms. The van der Waals surface area contributed by atoms with Crippen LogP contribution in [-0.4, -0.2) is 16.9 Å². The van der Waals surface area contributed by atoms with Gasteiger partial charge in [-0.25, -0.2) is 4.79 Å². The summed E-state index contributed by atoms with van der Waals surface area (Å²) in [6, 6.07) is 9.61. The van der Waals surface area contributed by atoms with E-state index in [9.17, 15) is 19.7 Å². The molecule has 2 rings (SSSR count). The van der Waals surface area contributed by atoms with Gasteiger partial charge in [0.2, 0.25) is 5.91 Å². The average Bonchev–Trinajstić information content (AvgIpc) is 2.48. The van der Waals surface area contributed by atoms with E-state index in [0.717, 1.165) is 6.07 Å². The highest BCUT2D eigenvalue weighted by atomic mass is 35.5. The topological polar surface area (TPSA) is 113 Å². The smallest absolute Gasteiger partial charge is 0.323 e. The lowest BCUT2D eigenvalue weighted by Crippen LogP contribution is -2.19. The molecular formula is C15H13ClN4O4. The van der Waals surface area contributed by atoms with Crippen LogP contribution < -0.4 is 16.0 Å². The van der Waals surface area contributed by atoms with Crippen molar-refractivity contribution in [1.29, 1.82) is 0 Å². The van der Waals surface area contributed by atoms with E-state index in [1.54, 1.807) is 24.3 Å². The summed E-state index contributed by atoms with van der Waals surface area (Å²) in [7, 11) is 0. The second-order valence-corrected chi connectivity index (χ2v) is 5.17. The van der Waals surface area contributed by atoms with Crippen LogP contribution in [0.5, 0.6) is 0 Å². The van der Waals surface area contributed by atoms with Crippen LogP contribution in [0.2, 0.25) is 5.02 Å². The Labute approximate surface area is 142 Å². The van der Waals surface area contributed by atoms with E-state index >= 15 is 0 Å². The number of hydrogen-bond acceptors (Lipinski definition) is 4. The van der Waals surface area contributed by atoms with Crippen LogP contribution in [0.1, 0.15) is 6.92 Å². The SMILES string of the molecule is CC(=O)Nc1cccc(NC(=O)Nc2cc([N+](=O)[O-])ccc2Cl)c1. The molecule has 0 unspecified atom stereocenters. The van der Waals surface area contributed by atoms with Crippen molar-refractivity contribution in [2.75, 3.05) is 16.0 Å². The molecule has 0 radical (unpaired) electrons. The van der Waals surface area contributed by atoms with Crippen molar-refractivity contribution in [3.8, 4) is 0 Å². The lowest BCUT2D eigenvalue weighted by molar-refractivity contribution is -0.384. The summed E-state index contributed by atoms with van der Waals surface area (Å²) in [5.41, 5.74) is 0.873. The highest BCUT2D eigenvalue weighted by Crippen LogP contribution is 2.27. The largest absolute Gasteiger partial charge is 0.326 e. The molecule has 3 amide bonds. The fourth-order valence-corrected chi connectivity index (χ4v) is 2.05. The summed E-state index contributed by atoms with van der Waals surface area (Å²) in [6.45, 7) is 1.37. The quantitative estimate of drug-likeness (QED) is 0.575. The number of nitrogens with one attached hydrogen (secondary N) is 3. The number of carbonyl (C=O) groups excluding carboxylic acids is 2. The molecule has 2 aromatic carbocycles. The summed E-state index contributed by atoms with van der Waals surface area (Å²) < 4.78 is 0. The van der Waals surface area contributed by atoms with E-state index < -0.39 is 11.0 Å². The van der Waals surface area contributed by atoms with Gasteiger partial charge in [-0.1, -0.05) is 17.7 Å². The van der Waals surface area contributed by atoms with Crippen molar-refractivity contribution >= 4 is 46.3 Å². The average molecular weight is 349 g/mol. The zero-order valence-corrected chi connectivity index (χ0v) is 13.3. The maximum absolute atomic E-state index is 12.0. The Hall–Kier alpha value is -3.13. The molecule has 0 spiro atoms. The minimum Gasteiger partial charge on any atom is -0.326 e. The van der Waals surface area contributed by atoms with Crippen molar-refractivity contribution in [2.24, 2.45) is 0 Å². The van der Waals surface area contributed by atoms with Gasteiger partial charge >= 0.3 is 6.03 Å². The predicted octanol–water partition coefficient (Wildman–Crippen LogP) is 3.85. The lowest BCUT2D eigenvalue weighted by atomic mass is 10.2. The summed E-state index contributed by atoms with van der Waals surface area (Å²) in [4.78, 5) is 33.2. The molecule has 0 aliphatic heterocycles. The molecule has 9 heteroatoms. The first-order chi connectivity index (χ1) is 11.3. The second-order valence-electron chi connectivity index (χ2n) is 4.76. The number of nitro benzene ring substituents is 1. The highest BCUT2D eigenvalue weighted by Gasteiger charge is 2.12. The van der Waals surface area contributed by atoms with E-state index in [1.165, 1.54) is 19.1 Å². The third-order valence-corrected chi connectivity index (χ3v) is 3.18. The fraction of sp³-hybridized carbons (Fsp3) is 0.0667. The maximum Gasteiger partial charge on any atom is 0.323 e. The van der Waals surface area contributed by atoms with Gasteiger partial charge in [-0.3, -0.25) is 14.9 Å². The van der Waals surface area contributed by atoms with Crippen LogP contribution >= 0.6 is 11.6 Å². The molecule has 0 saturated carbocycles. The molecule has 0 saturated heterocycles. The molecular weight excluding hydrogens is 336 g/mol. The van der Waals surface area contributed by atoms with Crippen molar-refractivity contribution in [2.45, 2.75) is 6.92 Å². The number of nitro groups is 1. The summed E-state index contributed by atoms with van der Waals surface area (Å²) in [6.07, 6.45) is 0. The van der Waals surface area contributed by atoms with Crippen molar-refractivity contribution in [3.63, 3.8) is 0 Å². The molecule has 8 nitrogen and oxygen atoms in total. The number of halogens is 1. The Morgan fingerprint density at radius 1 is 1.04 bits per heavy atom. The number of urea groups is 1. The van der Waals surface area contributed by atoms with Gasteiger partial charge in [0.05, 0.1) is 15.6 Å². The standard InChI is InChI=1S/C15H13ClN4O4/c1-9(21)17-10-3-2-4-11(7-10)18-15(22)19-14-8-12(20(23)24)5-6-13(14)16/h2-8H,1H3,(H,17,21)(H2,18,19,22). The Kier molecular flexibility index (Phi) is 5.33. The summed E-state index contributed by atoms with van der Waals surface area (Å²) in [5.74, 6) is -0.236. The fourth-order valence-electron chi connectivity index (χ4n) is 1.89. The molecule has 3 N–H and O–H groups in total. The molecule has 0 fully saturated rings. The number of nitrogens with zero attached hydrogens (tertiary/aromatic N) is 1. The molecule has 24 heavy (non-hydrogen) atoms. The molecule has 0 atom stereocenters. The van der Waals surface area contributed by atoms with Gasteiger partial charge in [0.15, 0.2) is 0 Å². The van der Waals surface area contributed by atoms with Crippen LogP contribution in [0, 0.1) is 10.1 Å². The molecule has 0 aliphatic carbocycles. The van der Waals surface area contributed by atoms with Crippen LogP contribution in [0.3, 0.4) is 0 Å². The maximum atomic E-state index is 12.0. The Bertz CT molecular complexity index is 810. The number of non-ortho nitro benzene ring substituents is 1. The Balaban J connectivity index is 2.10. The number of anilines is 3. The van der Waals surface area contributed by atoms with Gasteiger partial charge in [0.1, 0.15) is 0 Å². The van der Waals surface area contributed by atoms with Gasteiger partial charge < -0.3 is 16.0 Å². The number of rotatable bonds is 4. The van der Waals surface area contributed by atoms with Gasteiger partial charge in [-0.05, 0) is 24.3 Å². The minimum atomic E-state index is -0.627. The first-order valence-electron chi connectivity index (χ1n) is 6.75. The van der Waals surface area contributed by atoms with Gasteiger partial charge in [0.25, 0.3) is 5.69 Å². The predicted molar refractivity (Wildman–Crippen MR) is 91.5 cm³/mol. The van der Waals surface area contributed by atoms with E-state index in [4.69, 9.17) is 11.6 Å². The Morgan fingerprint density at radius 3 is 2.33 bits per heavy atom. The van der Waals surface area contributed by atoms with Gasteiger partial charge in [-0.15, -0.1) is 0 Å². The van der Waals surface area contributed by atoms with E-state index in [0.29, 0.717) is 11.4 Å². The third-order valence-electron chi connectivity index (χ3n) is 2.85.